The maximum absolute atomic E-state index is 4.03. The maximum Gasteiger partial charge on any atom is 0.227 e. The number of hydrogen-bond acceptors (Lipinski definition) is 5. The lowest BCUT2D eigenvalue weighted by Gasteiger charge is -2.01. The molecule has 1 heterocycles. The van der Waals surface area contributed by atoms with Crippen LogP contribution in [0.15, 0.2) is 0 Å². The molecule has 0 aliphatic heterocycles. The molecule has 0 saturated carbocycles. The predicted octanol–water partition coefficient (Wildman–Crippen LogP) is 0.263. The van der Waals surface area contributed by atoms with Crippen LogP contribution in [0.25, 0.3) is 0 Å². The molecule has 0 amide bonds. The van der Waals surface area contributed by atoms with Crippen LogP contribution in [-0.4, -0.2) is 29.0 Å². The van der Waals surface area contributed by atoms with Crippen LogP contribution in [0.1, 0.15) is 5.82 Å². The highest BCUT2D eigenvalue weighted by molar-refractivity contribution is 5.32. The first-order chi connectivity index (χ1) is 5.26. The smallest absolute Gasteiger partial charge is 0.227 e. The van der Waals surface area contributed by atoms with Gasteiger partial charge in [-0.1, -0.05) is 0 Å². The van der Waals surface area contributed by atoms with Crippen molar-refractivity contribution in [2.75, 3.05) is 24.7 Å². The molecule has 0 spiro atoms. The molecule has 2 N–H and O–H groups in total. The van der Waals surface area contributed by atoms with E-state index in [-0.39, 0.29) is 0 Å². The quantitative estimate of drug-likeness (QED) is 0.638. The summed E-state index contributed by atoms with van der Waals surface area (Å²) in [6, 6.07) is 0. The number of nitrogens with one attached hydrogen (secondary N) is 2. The topological polar surface area (TPSA) is 62.7 Å². The van der Waals surface area contributed by atoms with E-state index in [1.165, 1.54) is 0 Å². The molecule has 1 aromatic heterocycles. The minimum atomic E-state index is 0.585. The van der Waals surface area contributed by atoms with Gasteiger partial charge in [-0.25, -0.2) is 0 Å². The van der Waals surface area contributed by atoms with Crippen molar-refractivity contribution >= 4 is 11.9 Å². The average molecular weight is 153 g/mol. The van der Waals surface area contributed by atoms with Crippen LogP contribution in [-0.2, 0) is 0 Å². The largest absolute Gasteiger partial charge is 0.357 e. The van der Waals surface area contributed by atoms with Crippen molar-refractivity contribution in [1.29, 1.82) is 0 Å². The minimum Gasteiger partial charge on any atom is -0.357 e. The van der Waals surface area contributed by atoms with E-state index in [0.717, 1.165) is 0 Å². The number of aromatic nitrogens is 3. The van der Waals surface area contributed by atoms with Gasteiger partial charge in [-0.3, -0.25) is 0 Å². The zero-order chi connectivity index (χ0) is 8.27. The molecule has 0 radical (unpaired) electrons. The molecule has 60 valence electrons. The first-order valence-corrected chi connectivity index (χ1v) is 3.34. The highest BCUT2D eigenvalue weighted by atomic mass is 15.2. The highest BCUT2D eigenvalue weighted by Gasteiger charge is 1.98. The van der Waals surface area contributed by atoms with Crippen molar-refractivity contribution in [2.45, 2.75) is 6.92 Å². The zero-order valence-electron chi connectivity index (χ0n) is 6.84. The second-order valence-electron chi connectivity index (χ2n) is 2.03. The number of anilines is 2. The van der Waals surface area contributed by atoms with Gasteiger partial charge in [0.2, 0.25) is 11.9 Å². The first kappa shape index (κ1) is 7.71. The van der Waals surface area contributed by atoms with Crippen LogP contribution < -0.4 is 10.6 Å². The molecular formula is C6H11N5. The standard InChI is InChI=1S/C6H11N5/c1-4-9-5(7-2)11-6(8-3)10-4/h1-3H3,(H2,7,8,9,10,11). The molecular weight excluding hydrogens is 142 g/mol. The molecule has 0 saturated heterocycles. The zero-order valence-corrected chi connectivity index (χ0v) is 6.84. The van der Waals surface area contributed by atoms with Crippen molar-refractivity contribution in [2.24, 2.45) is 0 Å². The Morgan fingerprint density at radius 3 is 1.73 bits per heavy atom. The summed E-state index contributed by atoms with van der Waals surface area (Å²) in [5.74, 6) is 1.87. The normalized spacial score (nSPS) is 9.36. The SMILES string of the molecule is CNc1nc(C)nc(NC)n1. The fraction of sp³-hybridized carbons (Fsp3) is 0.500. The van der Waals surface area contributed by atoms with Crippen LogP contribution in [0.4, 0.5) is 11.9 Å². The Labute approximate surface area is 65.3 Å². The van der Waals surface area contributed by atoms with E-state index in [1.54, 1.807) is 14.1 Å². The van der Waals surface area contributed by atoms with Crippen molar-refractivity contribution < 1.29 is 0 Å². The fourth-order valence-electron chi connectivity index (χ4n) is 0.705. The van der Waals surface area contributed by atoms with Crippen molar-refractivity contribution in [3.8, 4) is 0 Å². The van der Waals surface area contributed by atoms with Gasteiger partial charge in [0.25, 0.3) is 0 Å². The van der Waals surface area contributed by atoms with E-state index >= 15 is 0 Å². The Balaban J connectivity index is 3.02. The molecule has 5 heteroatoms. The number of nitrogens with zero attached hydrogens (tertiary/aromatic N) is 3. The van der Waals surface area contributed by atoms with Crippen LogP contribution >= 0.6 is 0 Å². The van der Waals surface area contributed by atoms with E-state index in [0.29, 0.717) is 17.7 Å². The summed E-state index contributed by atoms with van der Waals surface area (Å²) in [6.07, 6.45) is 0. The number of hydrogen-bond donors (Lipinski definition) is 2. The second-order valence-corrected chi connectivity index (χ2v) is 2.03. The molecule has 0 aliphatic rings. The van der Waals surface area contributed by atoms with E-state index in [1.807, 2.05) is 6.92 Å². The lowest BCUT2D eigenvalue weighted by atomic mass is 10.7. The summed E-state index contributed by atoms with van der Waals surface area (Å²) in [7, 11) is 3.54. The van der Waals surface area contributed by atoms with E-state index < -0.39 is 0 Å². The Bertz CT molecular complexity index is 224. The molecule has 0 unspecified atom stereocenters. The molecule has 0 atom stereocenters. The third-order valence-electron chi connectivity index (χ3n) is 1.19. The minimum absolute atomic E-state index is 0.585. The number of aryl methyl sites for hydroxylation is 1. The molecule has 11 heavy (non-hydrogen) atoms. The first-order valence-electron chi connectivity index (χ1n) is 3.34. The number of rotatable bonds is 2. The Kier molecular flexibility index (Phi) is 2.20. The summed E-state index contributed by atoms with van der Waals surface area (Å²) in [6.45, 7) is 1.82. The van der Waals surface area contributed by atoms with Crippen molar-refractivity contribution in [3.05, 3.63) is 5.82 Å². The predicted molar refractivity (Wildman–Crippen MR) is 43.7 cm³/mol. The van der Waals surface area contributed by atoms with Crippen molar-refractivity contribution in [3.63, 3.8) is 0 Å². The highest BCUT2D eigenvalue weighted by Crippen LogP contribution is 2.02. The van der Waals surface area contributed by atoms with Crippen LogP contribution in [0.2, 0.25) is 0 Å². The van der Waals surface area contributed by atoms with Gasteiger partial charge in [0, 0.05) is 14.1 Å². The van der Waals surface area contributed by atoms with Gasteiger partial charge in [-0.05, 0) is 6.92 Å². The average Bonchev–Trinajstić information content (AvgIpc) is 2.03. The molecule has 5 nitrogen and oxygen atoms in total. The van der Waals surface area contributed by atoms with Gasteiger partial charge in [0.15, 0.2) is 0 Å². The summed E-state index contributed by atoms with van der Waals surface area (Å²) in [4.78, 5) is 12.1. The summed E-state index contributed by atoms with van der Waals surface area (Å²) in [5, 5.41) is 5.68. The van der Waals surface area contributed by atoms with Gasteiger partial charge in [0.05, 0.1) is 0 Å². The summed E-state index contributed by atoms with van der Waals surface area (Å²) >= 11 is 0. The third kappa shape index (κ3) is 1.76. The van der Waals surface area contributed by atoms with Crippen LogP contribution in [0.5, 0.6) is 0 Å². The van der Waals surface area contributed by atoms with Gasteiger partial charge < -0.3 is 10.6 Å². The second kappa shape index (κ2) is 3.14. The molecule has 1 rings (SSSR count). The van der Waals surface area contributed by atoms with Crippen LogP contribution in [0.3, 0.4) is 0 Å². The van der Waals surface area contributed by atoms with E-state index in [9.17, 15) is 0 Å². The van der Waals surface area contributed by atoms with Crippen molar-refractivity contribution in [1.82, 2.24) is 15.0 Å². The Morgan fingerprint density at radius 1 is 0.909 bits per heavy atom. The molecule has 1 aromatic rings. The lowest BCUT2D eigenvalue weighted by Crippen LogP contribution is -2.04. The Morgan fingerprint density at radius 2 is 1.36 bits per heavy atom. The van der Waals surface area contributed by atoms with E-state index in [4.69, 9.17) is 0 Å². The molecule has 0 fully saturated rings. The van der Waals surface area contributed by atoms with E-state index in [2.05, 4.69) is 25.6 Å². The van der Waals surface area contributed by atoms with Gasteiger partial charge in [-0.15, -0.1) is 0 Å². The fourth-order valence-corrected chi connectivity index (χ4v) is 0.705. The van der Waals surface area contributed by atoms with Gasteiger partial charge in [-0.2, -0.15) is 15.0 Å². The summed E-state index contributed by atoms with van der Waals surface area (Å²) < 4.78 is 0. The molecule has 0 aromatic carbocycles. The van der Waals surface area contributed by atoms with Gasteiger partial charge in [0.1, 0.15) is 5.82 Å². The molecule has 0 bridgehead atoms. The van der Waals surface area contributed by atoms with Crippen LogP contribution in [0, 0.1) is 6.92 Å². The van der Waals surface area contributed by atoms with Gasteiger partial charge >= 0.3 is 0 Å². The Hall–Kier alpha value is -1.39. The molecule has 0 aliphatic carbocycles. The summed E-state index contributed by atoms with van der Waals surface area (Å²) in [5.41, 5.74) is 0. The monoisotopic (exact) mass is 153 g/mol. The lowest BCUT2D eigenvalue weighted by molar-refractivity contribution is 0.979. The maximum atomic E-state index is 4.03. The third-order valence-corrected chi connectivity index (χ3v) is 1.19.